The van der Waals surface area contributed by atoms with Crippen LogP contribution in [0.25, 0.3) is 0 Å². The van der Waals surface area contributed by atoms with E-state index in [1.807, 2.05) is 35.7 Å². The van der Waals surface area contributed by atoms with E-state index in [1.165, 1.54) is 11.3 Å². The van der Waals surface area contributed by atoms with Gasteiger partial charge in [0.1, 0.15) is 4.88 Å². The van der Waals surface area contributed by atoms with Crippen LogP contribution < -0.4 is 5.32 Å². The summed E-state index contributed by atoms with van der Waals surface area (Å²) in [6.45, 7) is 0.601. The molecule has 0 fully saturated rings. The third kappa shape index (κ3) is 3.57. The fourth-order valence-corrected chi connectivity index (χ4v) is 3.23. The van der Waals surface area contributed by atoms with Gasteiger partial charge < -0.3 is 5.32 Å². The first kappa shape index (κ1) is 13.6. The summed E-state index contributed by atoms with van der Waals surface area (Å²) < 4.78 is 0.841. The number of amides is 1. The van der Waals surface area contributed by atoms with Crippen molar-refractivity contribution in [2.24, 2.45) is 0 Å². The Balaban J connectivity index is 1.86. The Morgan fingerprint density at radius 3 is 2.89 bits per heavy atom. The molecule has 5 heteroatoms. The van der Waals surface area contributed by atoms with Crippen LogP contribution in [0.3, 0.4) is 0 Å². The summed E-state index contributed by atoms with van der Waals surface area (Å²) in [6.07, 6.45) is 0.773. The molecule has 2 aromatic rings. The second-order valence-electron chi connectivity index (χ2n) is 3.73. The first-order chi connectivity index (χ1) is 8.66. The van der Waals surface area contributed by atoms with E-state index in [-0.39, 0.29) is 5.91 Å². The molecule has 0 aliphatic carbocycles. The molecule has 1 heterocycles. The lowest BCUT2D eigenvalue weighted by Gasteiger charge is -2.04. The van der Waals surface area contributed by atoms with Gasteiger partial charge >= 0.3 is 0 Å². The molecule has 1 aromatic carbocycles. The molecule has 0 aliphatic rings. The largest absolute Gasteiger partial charge is 0.351 e. The molecular formula is C13H11BrClNOS. The molecule has 0 aliphatic heterocycles. The van der Waals surface area contributed by atoms with E-state index in [0.29, 0.717) is 11.4 Å². The molecule has 0 radical (unpaired) electrons. The highest BCUT2D eigenvalue weighted by atomic mass is 79.9. The van der Waals surface area contributed by atoms with Gasteiger partial charge in [-0.2, -0.15) is 0 Å². The molecular weight excluding hydrogens is 334 g/mol. The first-order valence-electron chi connectivity index (χ1n) is 5.42. The first-order valence-corrected chi connectivity index (χ1v) is 7.47. The number of rotatable bonds is 4. The van der Waals surface area contributed by atoms with E-state index in [2.05, 4.69) is 21.2 Å². The highest BCUT2D eigenvalue weighted by molar-refractivity contribution is 9.10. The van der Waals surface area contributed by atoms with Crippen LogP contribution in [-0.2, 0) is 6.42 Å². The van der Waals surface area contributed by atoms with E-state index < -0.39 is 0 Å². The normalized spacial score (nSPS) is 10.3. The fraction of sp³-hybridized carbons (Fsp3) is 0.154. The van der Waals surface area contributed by atoms with Gasteiger partial charge in [0.05, 0.1) is 0 Å². The van der Waals surface area contributed by atoms with Crippen LogP contribution in [0.5, 0.6) is 0 Å². The molecule has 0 saturated heterocycles. The van der Waals surface area contributed by atoms with Crippen molar-refractivity contribution in [3.8, 4) is 0 Å². The van der Waals surface area contributed by atoms with Crippen LogP contribution in [0.2, 0.25) is 5.02 Å². The minimum atomic E-state index is -0.0427. The summed E-state index contributed by atoms with van der Waals surface area (Å²) in [5.74, 6) is -0.0427. The zero-order valence-electron chi connectivity index (χ0n) is 9.45. The van der Waals surface area contributed by atoms with Crippen LogP contribution in [0, 0.1) is 0 Å². The number of thiophene rings is 1. The fourth-order valence-electron chi connectivity index (χ4n) is 1.55. The Morgan fingerprint density at radius 2 is 2.22 bits per heavy atom. The van der Waals surface area contributed by atoms with Crippen molar-refractivity contribution < 1.29 is 4.79 Å². The molecule has 0 atom stereocenters. The zero-order valence-corrected chi connectivity index (χ0v) is 12.6. The van der Waals surface area contributed by atoms with Crippen molar-refractivity contribution in [1.82, 2.24) is 5.32 Å². The van der Waals surface area contributed by atoms with Gasteiger partial charge in [-0.15, -0.1) is 11.3 Å². The topological polar surface area (TPSA) is 29.1 Å². The van der Waals surface area contributed by atoms with Crippen molar-refractivity contribution in [3.63, 3.8) is 0 Å². The molecule has 2 nitrogen and oxygen atoms in total. The second kappa shape index (κ2) is 6.36. The van der Waals surface area contributed by atoms with E-state index in [1.54, 1.807) is 0 Å². The lowest BCUT2D eigenvalue weighted by atomic mass is 10.1. The van der Waals surface area contributed by atoms with Crippen molar-refractivity contribution >= 4 is 44.8 Å². The van der Waals surface area contributed by atoms with Gasteiger partial charge in [0.2, 0.25) is 0 Å². The average molecular weight is 345 g/mol. The van der Waals surface area contributed by atoms with Gasteiger partial charge in [-0.1, -0.05) is 23.7 Å². The summed E-state index contributed by atoms with van der Waals surface area (Å²) >= 11 is 10.7. The lowest BCUT2D eigenvalue weighted by molar-refractivity contribution is 0.0957. The quantitative estimate of drug-likeness (QED) is 0.887. The number of benzene rings is 1. The molecule has 1 N–H and O–H groups in total. The van der Waals surface area contributed by atoms with Crippen LogP contribution in [0.1, 0.15) is 15.2 Å². The summed E-state index contributed by atoms with van der Waals surface area (Å²) in [5.41, 5.74) is 1.12. The molecule has 94 valence electrons. The SMILES string of the molecule is O=C(NCCc1cccc(Cl)c1)c1sccc1Br. The van der Waals surface area contributed by atoms with Gasteiger partial charge in [0.15, 0.2) is 0 Å². The van der Waals surface area contributed by atoms with Gasteiger partial charge in [-0.05, 0) is 51.5 Å². The molecule has 0 unspecified atom stereocenters. The van der Waals surface area contributed by atoms with Gasteiger partial charge in [0, 0.05) is 16.0 Å². The lowest BCUT2D eigenvalue weighted by Crippen LogP contribution is -2.25. The second-order valence-corrected chi connectivity index (χ2v) is 5.94. The molecule has 1 amide bonds. The Morgan fingerprint density at radius 1 is 1.39 bits per heavy atom. The monoisotopic (exact) mass is 343 g/mol. The van der Waals surface area contributed by atoms with Crippen molar-refractivity contribution in [1.29, 1.82) is 0 Å². The molecule has 0 spiro atoms. The van der Waals surface area contributed by atoms with E-state index in [0.717, 1.165) is 21.5 Å². The Bertz CT molecular complexity index is 555. The minimum Gasteiger partial charge on any atom is -0.351 e. The third-order valence-corrected chi connectivity index (χ3v) is 4.48. The maximum atomic E-state index is 11.8. The number of nitrogens with one attached hydrogen (secondary N) is 1. The summed E-state index contributed by atoms with van der Waals surface area (Å²) in [7, 11) is 0. The predicted molar refractivity (Wildman–Crippen MR) is 79.5 cm³/mol. The van der Waals surface area contributed by atoms with Gasteiger partial charge in [-0.3, -0.25) is 4.79 Å². The number of carbonyl (C=O) groups is 1. The highest BCUT2D eigenvalue weighted by Crippen LogP contribution is 2.22. The predicted octanol–water partition coefficient (Wildman–Crippen LogP) is 4.14. The minimum absolute atomic E-state index is 0.0427. The summed E-state index contributed by atoms with van der Waals surface area (Å²) in [6, 6.07) is 9.53. The Kier molecular flexibility index (Phi) is 4.80. The van der Waals surface area contributed by atoms with Crippen LogP contribution in [0.15, 0.2) is 40.2 Å². The molecule has 0 bridgehead atoms. The average Bonchev–Trinajstić information content (AvgIpc) is 2.75. The molecule has 1 aromatic heterocycles. The summed E-state index contributed by atoms with van der Waals surface area (Å²) in [5, 5.41) is 5.50. The maximum Gasteiger partial charge on any atom is 0.262 e. The van der Waals surface area contributed by atoms with Gasteiger partial charge in [0.25, 0.3) is 5.91 Å². The van der Waals surface area contributed by atoms with Crippen molar-refractivity contribution in [2.75, 3.05) is 6.54 Å². The smallest absolute Gasteiger partial charge is 0.262 e. The van der Waals surface area contributed by atoms with Crippen molar-refractivity contribution in [3.05, 3.63) is 55.6 Å². The van der Waals surface area contributed by atoms with E-state index >= 15 is 0 Å². The number of hydrogen-bond donors (Lipinski definition) is 1. The Hall–Kier alpha value is -0.840. The molecule has 18 heavy (non-hydrogen) atoms. The number of halogens is 2. The standard InChI is InChI=1S/C13H11BrClNOS/c14-11-5-7-18-12(11)13(17)16-6-4-9-2-1-3-10(15)8-9/h1-3,5,7-8H,4,6H2,(H,16,17). The molecule has 0 saturated carbocycles. The van der Waals surface area contributed by atoms with E-state index in [9.17, 15) is 4.79 Å². The number of hydrogen-bond acceptors (Lipinski definition) is 2. The molecule has 2 rings (SSSR count). The van der Waals surface area contributed by atoms with Crippen LogP contribution in [-0.4, -0.2) is 12.5 Å². The Labute approximate surface area is 123 Å². The van der Waals surface area contributed by atoms with Crippen LogP contribution in [0.4, 0.5) is 0 Å². The highest BCUT2D eigenvalue weighted by Gasteiger charge is 2.10. The van der Waals surface area contributed by atoms with Gasteiger partial charge in [-0.25, -0.2) is 0 Å². The van der Waals surface area contributed by atoms with E-state index in [4.69, 9.17) is 11.6 Å². The summed E-state index contributed by atoms with van der Waals surface area (Å²) in [4.78, 5) is 12.5. The maximum absolute atomic E-state index is 11.8. The number of carbonyl (C=O) groups excluding carboxylic acids is 1. The zero-order chi connectivity index (χ0) is 13.0. The van der Waals surface area contributed by atoms with Crippen LogP contribution >= 0.6 is 38.9 Å². The van der Waals surface area contributed by atoms with Crippen molar-refractivity contribution in [2.45, 2.75) is 6.42 Å². The third-order valence-electron chi connectivity index (χ3n) is 2.41.